The monoisotopic (exact) mass is 389 g/mol. The molecule has 2 rings (SSSR count). The normalized spacial score (nSPS) is 20.1. The molecule has 0 saturated carbocycles. The van der Waals surface area contributed by atoms with Crippen molar-refractivity contribution in [3.63, 3.8) is 0 Å². The van der Waals surface area contributed by atoms with Crippen LogP contribution in [0, 0.1) is 6.92 Å². The van der Waals surface area contributed by atoms with E-state index in [4.69, 9.17) is 4.74 Å². The van der Waals surface area contributed by atoms with Crippen LogP contribution in [0.5, 0.6) is 0 Å². The van der Waals surface area contributed by atoms with Gasteiger partial charge in [-0.3, -0.25) is 4.79 Å². The summed E-state index contributed by atoms with van der Waals surface area (Å²) in [6, 6.07) is -0.360. The minimum Gasteiger partial charge on any atom is -0.449 e. The van der Waals surface area contributed by atoms with Crippen molar-refractivity contribution in [2.45, 2.75) is 39.3 Å². The number of nitrogens with zero attached hydrogens (tertiary/aromatic N) is 2. The van der Waals surface area contributed by atoms with Gasteiger partial charge in [0.1, 0.15) is 10.6 Å². The Hall–Kier alpha value is -1.68. The van der Waals surface area contributed by atoms with E-state index >= 15 is 0 Å². The maximum absolute atomic E-state index is 12.6. The van der Waals surface area contributed by atoms with Gasteiger partial charge in [-0.25, -0.2) is 13.2 Å². The first-order valence-corrected chi connectivity index (χ1v) is 10.7. The Kier molecular flexibility index (Phi) is 6.04. The summed E-state index contributed by atoms with van der Waals surface area (Å²) in [7, 11) is -1.42. The van der Waals surface area contributed by atoms with Crippen LogP contribution in [0.3, 0.4) is 0 Å². The molecule has 2 atom stereocenters. The Morgan fingerprint density at radius 3 is 2.68 bits per heavy atom. The summed E-state index contributed by atoms with van der Waals surface area (Å²) in [5, 5.41) is 3.46. The average molecular weight is 389 g/mol. The molecule has 0 spiro atoms. The Labute approximate surface area is 151 Å². The topological polar surface area (TPSA) is 106 Å². The van der Waals surface area contributed by atoms with Crippen molar-refractivity contribution >= 4 is 38.2 Å². The van der Waals surface area contributed by atoms with Gasteiger partial charge in [-0.15, -0.1) is 0 Å². The third-order valence-corrected chi connectivity index (χ3v) is 6.90. The molecule has 1 aromatic heterocycles. The van der Waals surface area contributed by atoms with Crippen LogP contribution < -0.4 is 5.32 Å². The average Bonchev–Trinajstić information content (AvgIpc) is 3.09. The van der Waals surface area contributed by atoms with Gasteiger partial charge >= 0.3 is 5.97 Å². The lowest BCUT2D eigenvalue weighted by atomic mass is 10.2. The maximum Gasteiger partial charge on any atom is 0.343 e. The highest BCUT2D eigenvalue weighted by molar-refractivity contribution is 7.91. The van der Waals surface area contributed by atoms with Crippen LogP contribution >= 0.6 is 11.5 Å². The van der Waals surface area contributed by atoms with Gasteiger partial charge in [-0.2, -0.15) is 4.37 Å². The van der Waals surface area contributed by atoms with Crippen LogP contribution in [-0.2, 0) is 19.4 Å². The van der Waals surface area contributed by atoms with Gasteiger partial charge in [0, 0.05) is 19.6 Å². The Morgan fingerprint density at radius 1 is 1.48 bits per heavy atom. The first kappa shape index (κ1) is 19.6. The lowest BCUT2D eigenvalue weighted by Crippen LogP contribution is -2.46. The molecule has 25 heavy (non-hydrogen) atoms. The van der Waals surface area contributed by atoms with E-state index in [1.165, 1.54) is 11.8 Å². The lowest BCUT2D eigenvalue weighted by Gasteiger charge is -2.29. The molecule has 10 heteroatoms. The molecule has 140 valence electrons. The number of sulfone groups is 1. The highest BCUT2D eigenvalue weighted by Crippen LogP contribution is 2.25. The maximum atomic E-state index is 12.6. The van der Waals surface area contributed by atoms with E-state index in [9.17, 15) is 18.0 Å². The molecule has 1 aromatic rings. The number of aromatic nitrogens is 1. The van der Waals surface area contributed by atoms with Gasteiger partial charge in [0.15, 0.2) is 15.9 Å². The molecule has 0 bridgehead atoms. The van der Waals surface area contributed by atoms with Gasteiger partial charge < -0.3 is 15.0 Å². The van der Waals surface area contributed by atoms with Crippen molar-refractivity contribution in [1.29, 1.82) is 0 Å². The Morgan fingerprint density at radius 2 is 2.16 bits per heavy atom. The van der Waals surface area contributed by atoms with Crippen molar-refractivity contribution in [1.82, 2.24) is 9.27 Å². The van der Waals surface area contributed by atoms with Crippen LogP contribution in [0.15, 0.2) is 0 Å². The van der Waals surface area contributed by atoms with Crippen molar-refractivity contribution in [2.75, 3.05) is 30.4 Å². The SMILES string of the molecule is CCN(C(=O)C(C)OC(=O)c1c(C)nsc1NC)C1CCS(=O)(=O)C1. The summed E-state index contributed by atoms with van der Waals surface area (Å²) in [5.74, 6) is -0.956. The number of carbonyl (C=O) groups is 2. The summed E-state index contributed by atoms with van der Waals surface area (Å²) in [6.07, 6.45) is -0.584. The second-order valence-electron chi connectivity index (χ2n) is 5.95. The molecule has 0 aromatic carbocycles. The molecular formula is C15H23N3O5S2. The van der Waals surface area contributed by atoms with E-state index in [1.54, 1.807) is 20.9 Å². The molecule has 2 heterocycles. The van der Waals surface area contributed by atoms with Gasteiger partial charge in [0.05, 0.1) is 17.2 Å². The minimum atomic E-state index is -3.10. The molecule has 1 saturated heterocycles. The fraction of sp³-hybridized carbons (Fsp3) is 0.667. The van der Waals surface area contributed by atoms with E-state index in [0.29, 0.717) is 29.2 Å². The number of ether oxygens (including phenoxy) is 1. The van der Waals surface area contributed by atoms with E-state index in [2.05, 4.69) is 9.69 Å². The van der Waals surface area contributed by atoms with Crippen LogP contribution in [0.25, 0.3) is 0 Å². The number of carbonyl (C=O) groups excluding carboxylic acids is 2. The number of hydrogen-bond donors (Lipinski definition) is 1. The number of esters is 1. The second-order valence-corrected chi connectivity index (χ2v) is 8.95. The molecule has 1 N–H and O–H groups in total. The zero-order valence-electron chi connectivity index (χ0n) is 14.7. The smallest absolute Gasteiger partial charge is 0.343 e. The molecule has 2 unspecified atom stereocenters. The Balaban J connectivity index is 2.08. The fourth-order valence-electron chi connectivity index (χ4n) is 2.90. The molecule has 0 aliphatic carbocycles. The number of anilines is 1. The summed E-state index contributed by atoms with van der Waals surface area (Å²) < 4.78 is 32.7. The van der Waals surface area contributed by atoms with E-state index in [0.717, 1.165) is 11.5 Å². The third-order valence-electron chi connectivity index (χ3n) is 4.20. The second kappa shape index (κ2) is 7.69. The molecule has 8 nitrogen and oxygen atoms in total. The zero-order valence-corrected chi connectivity index (χ0v) is 16.4. The number of rotatable bonds is 6. The van der Waals surface area contributed by atoms with Crippen LogP contribution in [0.4, 0.5) is 5.00 Å². The minimum absolute atomic E-state index is 0.0370. The molecule has 1 aliphatic heterocycles. The number of likely N-dealkylation sites (N-methyl/N-ethyl adjacent to an activating group) is 1. The van der Waals surface area contributed by atoms with E-state index in [-0.39, 0.29) is 23.5 Å². The lowest BCUT2D eigenvalue weighted by molar-refractivity contribution is -0.141. The summed E-state index contributed by atoms with van der Waals surface area (Å²) in [6.45, 7) is 5.34. The fourth-order valence-corrected chi connectivity index (χ4v) is 5.36. The summed E-state index contributed by atoms with van der Waals surface area (Å²) >= 11 is 1.15. The first-order valence-electron chi connectivity index (χ1n) is 8.06. The predicted octanol–water partition coefficient (Wildman–Crippen LogP) is 1.07. The molecule has 0 radical (unpaired) electrons. The van der Waals surface area contributed by atoms with Gasteiger partial charge in [-0.05, 0) is 38.7 Å². The van der Waals surface area contributed by atoms with Crippen molar-refractivity contribution in [3.05, 3.63) is 11.3 Å². The molecular weight excluding hydrogens is 366 g/mol. The van der Waals surface area contributed by atoms with Crippen molar-refractivity contribution < 1.29 is 22.7 Å². The van der Waals surface area contributed by atoms with E-state index in [1.807, 2.05) is 0 Å². The van der Waals surface area contributed by atoms with Crippen LogP contribution in [-0.4, -0.2) is 66.8 Å². The number of hydrogen-bond acceptors (Lipinski definition) is 8. The number of nitrogens with one attached hydrogen (secondary N) is 1. The molecule has 1 amide bonds. The van der Waals surface area contributed by atoms with Crippen molar-refractivity contribution in [2.24, 2.45) is 0 Å². The quantitative estimate of drug-likeness (QED) is 0.726. The van der Waals surface area contributed by atoms with Gasteiger partial charge in [-0.1, -0.05) is 0 Å². The third kappa shape index (κ3) is 4.30. The van der Waals surface area contributed by atoms with Gasteiger partial charge in [0.2, 0.25) is 0 Å². The molecule has 1 fully saturated rings. The first-order chi connectivity index (χ1) is 11.7. The van der Waals surface area contributed by atoms with E-state index < -0.39 is 21.9 Å². The standard InChI is InChI=1S/C15H23N3O5S2/c1-5-18(11-6-7-25(21,22)8-11)14(19)10(3)23-15(20)12-9(2)17-24-13(12)16-4/h10-11,16H,5-8H2,1-4H3. The largest absolute Gasteiger partial charge is 0.449 e. The predicted molar refractivity (Wildman–Crippen MR) is 95.7 cm³/mol. The highest BCUT2D eigenvalue weighted by atomic mass is 32.2. The number of amides is 1. The van der Waals surface area contributed by atoms with Gasteiger partial charge in [0.25, 0.3) is 5.91 Å². The zero-order chi connectivity index (χ0) is 18.8. The summed E-state index contributed by atoms with van der Waals surface area (Å²) in [5.41, 5.74) is 0.854. The van der Waals surface area contributed by atoms with Crippen molar-refractivity contribution in [3.8, 4) is 0 Å². The van der Waals surface area contributed by atoms with Crippen LogP contribution in [0.2, 0.25) is 0 Å². The highest BCUT2D eigenvalue weighted by Gasteiger charge is 2.36. The number of aryl methyl sites for hydroxylation is 1. The van der Waals surface area contributed by atoms with Crippen LogP contribution in [0.1, 0.15) is 36.3 Å². The Bertz CT molecular complexity index is 759. The summed E-state index contributed by atoms with van der Waals surface area (Å²) in [4.78, 5) is 26.5. The molecule has 1 aliphatic rings.